The smallest absolute Gasteiger partial charge is 1.00 e. The normalized spacial score (nSPS) is 9.45. The molecule has 0 aliphatic heterocycles. The number of benzene rings is 2. The van der Waals surface area contributed by atoms with E-state index in [1.165, 1.54) is 28.0 Å². The van der Waals surface area contributed by atoms with Crippen LogP contribution in [0.25, 0.3) is 0 Å². The molecule has 2 aromatic carbocycles. The van der Waals surface area contributed by atoms with Crippen LogP contribution in [0.1, 0.15) is 173 Å². The van der Waals surface area contributed by atoms with Crippen LogP contribution in [0, 0.1) is 5.21 Å². The van der Waals surface area contributed by atoms with E-state index in [9.17, 15) is 10.4 Å². The van der Waals surface area contributed by atoms with Crippen LogP contribution in [0.4, 0.5) is 0 Å². The Morgan fingerprint density at radius 1 is 0.643 bits per heavy atom. The van der Waals surface area contributed by atoms with E-state index in [0.29, 0.717) is 0 Å². The van der Waals surface area contributed by atoms with Crippen LogP contribution in [0.3, 0.4) is 0 Å². The number of allylic oxidation sites excluding steroid dienone is 1. The summed E-state index contributed by atoms with van der Waals surface area (Å²) in [5, 5.41) is 41.9. The van der Waals surface area contributed by atoms with E-state index in [4.69, 9.17) is 10.4 Å². The largest absolute Gasteiger partial charge is 1.00 e. The Morgan fingerprint density at radius 2 is 0.946 bits per heavy atom. The molecule has 0 bridgehead atoms. The Labute approximate surface area is 374 Å². The SMILES string of the molecule is C.C.C.C.C.C.C.C.C/C=C/CC(c1ccccc1)N(O)C(C)C.CC(C)/[N+]([O-])=C\c1ccccc1.CC(C)N(C)O.CC(C)N(C)O.CCCC.O.P.P.[H-].[Li+]. The van der Waals surface area contributed by atoms with Gasteiger partial charge in [-0.2, -0.15) is 35.0 Å². The van der Waals surface area contributed by atoms with E-state index in [1.54, 1.807) is 20.3 Å². The maximum Gasteiger partial charge on any atom is 1.00 e. The minimum absolute atomic E-state index is 0. The Balaban J connectivity index is -0.0000000266. The number of unbranched alkanes of at least 4 members (excludes halogenated alkanes) is 1. The van der Waals surface area contributed by atoms with Gasteiger partial charge < -0.3 is 27.7 Å². The average Bonchev–Trinajstić information content (AvgIpc) is 2.99. The molecule has 0 aromatic heterocycles. The van der Waals surface area contributed by atoms with Crippen molar-refractivity contribution in [1.29, 1.82) is 0 Å². The van der Waals surface area contributed by atoms with Gasteiger partial charge in [0, 0.05) is 37.8 Å². The summed E-state index contributed by atoms with van der Waals surface area (Å²) in [4.78, 5) is 0. The van der Waals surface area contributed by atoms with Crippen molar-refractivity contribution in [3.63, 3.8) is 0 Å². The predicted molar refractivity (Wildman–Crippen MR) is 268 cm³/mol. The molecule has 0 amide bonds. The molecule has 0 radical (unpaired) electrons. The molecule has 0 heterocycles. The first-order valence-corrected chi connectivity index (χ1v) is 15.9. The Kier molecular flexibility index (Phi) is 117. The van der Waals surface area contributed by atoms with Crippen LogP contribution in [0.2, 0.25) is 0 Å². The molecule has 2 aromatic rings. The first-order chi connectivity index (χ1) is 20.6. The molecule has 0 saturated heterocycles. The van der Waals surface area contributed by atoms with Gasteiger partial charge in [0.1, 0.15) is 0 Å². The molecular formula is C44H107LiN4O5P2. The van der Waals surface area contributed by atoms with E-state index in [2.05, 4.69) is 32.1 Å². The van der Waals surface area contributed by atoms with Crippen LogP contribution < -0.4 is 18.9 Å². The second kappa shape index (κ2) is 65.7. The summed E-state index contributed by atoms with van der Waals surface area (Å²) in [6.07, 6.45) is 9.17. The molecule has 56 heavy (non-hydrogen) atoms. The van der Waals surface area contributed by atoms with E-state index < -0.39 is 0 Å². The molecule has 344 valence electrons. The third-order valence-corrected chi connectivity index (χ3v) is 6.21. The van der Waals surface area contributed by atoms with Crippen LogP contribution in [-0.2, 0) is 0 Å². The molecular weight excluding hydrogens is 733 g/mol. The fourth-order valence-electron chi connectivity index (χ4n) is 2.53. The zero-order chi connectivity index (χ0) is 34.7. The van der Waals surface area contributed by atoms with E-state index in [1.807, 2.05) is 117 Å². The van der Waals surface area contributed by atoms with Gasteiger partial charge in [-0.1, -0.05) is 147 Å². The summed E-state index contributed by atoms with van der Waals surface area (Å²) in [5.41, 5.74) is 2.10. The van der Waals surface area contributed by atoms with Crippen molar-refractivity contribution >= 4 is 26.0 Å². The van der Waals surface area contributed by atoms with Gasteiger partial charge in [-0.25, -0.2) is 4.74 Å². The van der Waals surface area contributed by atoms with Crippen LogP contribution >= 0.6 is 19.8 Å². The first-order valence-electron chi connectivity index (χ1n) is 15.9. The van der Waals surface area contributed by atoms with Gasteiger partial charge in [0.25, 0.3) is 0 Å². The van der Waals surface area contributed by atoms with Crippen molar-refractivity contribution in [3.05, 3.63) is 89.1 Å². The molecule has 3 atom stereocenters. The third kappa shape index (κ3) is 62.0. The van der Waals surface area contributed by atoms with Crippen LogP contribution in [0.15, 0.2) is 72.8 Å². The topological polar surface area (TPSA) is 128 Å². The quantitative estimate of drug-likeness (QED) is 0.0413. The van der Waals surface area contributed by atoms with E-state index in [-0.39, 0.29) is 135 Å². The number of hydrogen-bond donors (Lipinski definition) is 3. The van der Waals surface area contributed by atoms with Gasteiger partial charge in [0.15, 0.2) is 12.3 Å². The Morgan fingerprint density at radius 3 is 1.18 bits per heavy atom. The van der Waals surface area contributed by atoms with Crippen LogP contribution in [0.5, 0.6) is 0 Å². The third-order valence-electron chi connectivity index (χ3n) is 6.21. The van der Waals surface area contributed by atoms with Gasteiger partial charge in [-0.15, -0.1) is 0 Å². The second-order valence-electron chi connectivity index (χ2n) is 11.5. The van der Waals surface area contributed by atoms with Gasteiger partial charge in [-0.05, 0) is 86.4 Å². The van der Waals surface area contributed by atoms with Crippen LogP contribution in [-0.4, -0.2) is 85.5 Å². The molecule has 0 saturated carbocycles. The zero-order valence-corrected chi connectivity index (χ0v) is 35.8. The van der Waals surface area contributed by atoms with Gasteiger partial charge in [0.05, 0.1) is 6.04 Å². The van der Waals surface area contributed by atoms with Gasteiger partial charge >= 0.3 is 18.9 Å². The van der Waals surface area contributed by atoms with Crippen molar-refractivity contribution in [3.8, 4) is 0 Å². The maximum absolute atomic E-state index is 11.2. The van der Waals surface area contributed by atoms with Crippen molar-refractivity contribution < 1.29 is 46.1 Å². The van der Waals surface area contributed by atoms with Crippen molar-refractivity contribution in [1.82, 2.24) is 15.2 Å². The van der Waals surface area contributed by atoms with Gasteiger partial charge in [0.2, 0.25) is 0 Å². The number of nitrogens with zero attached hydrogens (tertiary/aromatic N) is 4. The Bertz CT molecular complexity index is 938. The number of hydroxylamine groups is 7. The molecule has 9 nitrogen and oxygen atoms in total. The van der Waals surface area contributed by atoms with Gasteiger partial charge in [-0.3, -0.25) is 0 Å². The molecule has 3 unspecified atom stereocenters. The molecule has 0 aliphatic rings. The fourth-order valence-corrected chi connectivity index (χ4v) is 2.53. The zero-order valence-electron chi connectivity index (χ0n) is 34.0. The standard InChI is InChI=1S/C14H21NO.C10H13NO.2C4H11NO.C4H10.8CH4.Li.H2O.2H3P.H/c1-4-5-11-14(15(16)12(2)3)13-9-7-6-8-10-13;1-9(2)11(12)8-10-6-4-3-5-7-10;2*1-4(2)5(3)6;1-3-4-2;;;;;;;;;;;;;/h4-10,12,14,16H,11H2,1-3H3;3-9H,1-2H3;2*4,6H,1-3H3;3-4H2,1-2H3;8*1H4;;1H2;2*1H3;/q;;;;;;;;;;;;;+1;;;;-1/b5-4+;11-8+;;;;;;;;;;;;;;;;. The molecule has 0 aliphatic carbocycles. The summed E-state index contributed by atoms with van der Waals surface area (Å²) >= 11 is 0. The van der Waals surface area contributed by atoms with E-state index in [0.717, 1.165) is 22.3 Å². The Hall–Kier alpha value is -1.17. The molecule has 2 rings (SSSR count). The molecule has 5 N–H and O–H groups in total. The van der Waals surface area contributed by atoms with Crippen molar-refractivity contribution in [2.75, 3.05) is 14.1 Å². The average molecular weight is 841 g/mol. The summed E-state index contributed by atoms with van der Waals surface area (Å²) in [5.74, 6) is 0. The molecule has 0 fully saturated rings. The van der Waals surface area contributed by atoms with Crippen molar-refractivity contribution in [2.45, 2.75) is 185 Å². The minimum Gasteiger partial charge on any atom is -1.00 e. The molecule has 0 spiro atoms. The number of hydrogen-bond acceptors (Lipinski definition) is 7. The second-order valence-corrected chi connectivity index (χ2v) is 11.5. The summed E-state index contributed by atoms with van der Waals surface area (Å²) in [7, 11) is 3.26. The fraction of sp³-hybridized carbons (Fsp3) is 0.659. The first kappa shape index (κ1) is 100. The maximum atomic E-state index is 11.2. The predicted octanol–water partition coefficient (Wildman–Crippen LogP) is 10.6. The van der Waals surface area contributed by atoms with Crippen molar-refractivity contribution in [2.24, 2.45) is 0 Å². The number of rotatable bonds is 10. The summed E-state index contributed by atoms with van der Waals surface area (Å²) in [6.45, 7) is 21.7. The minimum atomic E-state index is 0. The van der Waals surface area contributed by atoms with E-state index >= 15 is 0 Å². The molecule has 12 heteroatoms. The monoisotopic (exact) mass is 841 g/mol. The summed E-state index contributed by atoms with van der Waals surface area (Å²) in [6, 6.07) is 20.3. The summed E-state index contributed by atoms with van der Waals surface area (Å²) < 4.78 is 0.954.